The van der Waals surface area contributed by atoms with Gasteiger partial charge >= 0.3 is 5.56 Å². The number of hydrogen-bond donors (Lipinski definition) is 3. The average molecular weight is 338 g/mol. The van der Waals surface area contributed by atoms with E-state index in [1.807, 2.05) is 20.8 Å². The molecule has 24 heavy (non-hydrogen) atoms. The first-order chi connectivity index (χ1) is 11.2. The number of imidazole rings is 1. The van der Waals surface area contributed by atoms with E-state index in [9.17, 15) is 9.90 Å². The molecular formula is C15H24N5O4+. The zero-order valence-corrected chi connectivity index (χ0v) is 14.3. The molecule has 0 radical (unpaired) electrons. The van der Waals surface area contributed by atoms with Crippen LogP contribution in [0.25, 0.3) is 11.2 Å². The summed E-state index contributed by atoms with van der Waals surface area (Å²) in [5.41, 5.74) is 5.85. The third-order valence-corrected chi connectivity index (χ3v) is 3.98. The van der Waals surface area contributed by atoms with Crippen molar-refractivity contribution in [3.05, 3.63) is 16.7 Å². The number of hydrogen-bond acceptors (Lipinski definition) is 6. The van der Waals surface area contributed by atoms with E-state index in [0.29, 0.717) is 24.2 Å². The molecule has 4 N–H and O–H groups in total. The highest BCUT2D eigenvalue weighted by Gasteiger charge is 2.40. The van der Waals surface area contributed by atoms with Crippen LogP contribution in [0.15, 0.2) is 11.1 Å². The second-order valence-electron chi connectivity index (χ2n) is 7.11. The molecule has 3 atom stereocenters. The quantitative estimate of drug-likeness (QED) is 0.655. The fraction of sp³-hybridized carbons (Fsp3) is 0.667. The first-order valence-electron chi connectivity index (χ1n) is 7.89. The highest BCUT2D eigenvalue weighted by Crippen LogP contribution is 2.30. The lowest BCUT2D eigenvalue weighted by Gasteiger charge is -2.23. The number of nitrogens with one attached hydrogen (secondary N) is 1. The minimum atomic E-state index is -0.653. The van der Waals surface area contributed by atoms with Gasteiger partial charge in [0.1, 0.15) is 6.10 Å². The Balaban J connectivity index is 1.88. The van der Waals surface area contributed by atoms with Crippen molar-refractivity contribution in [1.82, 2.24) is 14.5 Å². The fourth-order valence-corrected chi connectivity index (χ4v) is 2.85. The molecule has 0 bridgehead atoms. The van der Waals surface area contributed by atoms with Gasteiger partial charge in [-0.1, -0.05) is 0 Å². The fourth-order valence-electron chi connectivity index (χ4n) is 2.85. The van der Waals surface area contributed by atoms with Crippen molar-refractivity contribution in [3.63, 3.8) is 0 Å². The minimum absolute atomic E-state index is 0.0404. The van der Waals surface area contributed by atoms with Gasteiger partial charge in [-0.3, -0.25) is 9.78 Å². The molecule has 2 aromatic rings. The van der Waals surface area contributed by atoms with Gasteiger partial charge in [0.2, 0.25) is 18.5 Å². The highest BCUT2D eigenvalue weighted by atomic mass is 16.6. The molecule has 3 heterocycles. The number of aromatic amines is 1. The number of aliphatic hydroxyl groups is 1. The van der Waals surface area contributed by atoms with E-state index >= 15 is 0 Å². The van der Waals surface area contributed by atoms with Crippen LogP contribution in [0.2, 0.25) is 0 Å². The molecule has 0 saturated carbocycles. The van der Waals surface area contributed by atoms with Crippen molar-refractivity contribution < 1.29 is 19.1 Å². The van der Waals surface area contributed by atoms with Gasteiger partial charge in [0, 0.05) is 6.42 Å². The van der Waals surface area contributed by atoms with Crippen LogP contribution in [-0.2, 0) is 16.5 Å². The van der Waals surface area contributed by atoms with Crippen LogP contribution in [0, 0.1) is 0 Å². The Kier molecular flexibility index (Phi) is 4.10. The van der Waals surface area contributed by atoms with Crippen LogP contribution in [0.3, 0.4) is 0 Å². The lowest BCUT2D eigenvalue weighted by molar-refractivity contribution is -0.646. The molecule has 9 heteroatoms. The predicted molar refractivity (Wildman–Crippen MR) is 86.2 cm³/mol. The Hall–Kier alpha value is -1.97. The Labute approximate surface area is 139 Å². The zero-order chi connectivity index (χ0) is 17.6. The summed E-state index contributed by atoms with van der Waals surface area (Å²) in [5.74, 6) is 0.0404. The van der Waals surface area contributed by atoms with Crippen molar-refractivity contribution in [3.8, 4) is 0 Å². The van der Waals surface area contributed by atoms with E-state index in [1.54, 1.807) is 22.5 Å². The maximum absolute atomic E-state index is 12.1. The van der Waals surface area contributed by atoms with Crippen LogP contribution in [0.4, 0.5) is 5.95 Å². The highest BCUT2D eigenvalue weighted by molar-refractivity contribution is 5.66. The third-order valence-electron chi connectivity index (χ3n) is 3.98. The van der Waals surface area contributed by atoms with Gasteiger partial charge in [-0.05, 0) is 20.8 Å². The standard InChI is InChI=1S/C15H23N5O4/c1-15(2,3)23-6-9-8(21)5-10(24-9)20-7-19(4)11-12(20)17-14(16)18-13(11)22/h7-10,21H,5-6H2,1-4H3,(H2-,16,17,18,22)/p+1. The largest absolute Gasteiger partial charge is 0.390 e. The van der Waals surface area contributed by atoms with E-state index in [4.69, 9.17) is 15.2 Å². The third kappa shape index (κ3) is 3.14. The minimum Gasteiger partial charge on any atom is -0.390 e. The first kappa shape index (κ1) is 16.9. The smallest absolute Gasteiger partial charge is 0.304 e. The van der Waals surface area contributed by atoms with Crippen LogP contribution < -0.4 is 15.9 Å². The number of rotatable bonds is 3. The van der Waals surface area contributed by atoms with Crippen molar-refractivity contribution in [2.45, 2.75) is 51.2 Å². The lowest BCUT2D eigenvalue weighted by Crippen LogP contribution is -2.32. The van der Waals surface area contributed by atoms with Crippen molar-refractivity contribution in [2.24, 2.45) is 7.05 Å². The van der Waals surface area contributed by atoms with Gasteiger partial charge in [0.05, 0.1) is 25.4 Å². The summed E-state index contributed by atoms with van der Waals surface area (Å²) in [6.45, 7) is 6.14. The van der Waals surface area contributed by atoms with E-state index in [-0.39, 0.29) is 17.1 Å². The second-order valence-corrected chi connectivity index (χ2v) is 7.11. The van der Waals surface area contributed by atoms with Crippen LogP contribution in [0.1, 0.15) is 33.4 Å². The molecule has 0 amide bonds. The van der Waals surface area contributed by atoms with Crippen molar-refractivity contribution >= 4 is 17.1 Å². The molecule has 0 aromatic carbocycles. The predicted octanol–water partition coefficient (Wildman–Crippen LogP) is -0.405. The molecule has 1 saturated heterocycles. The number of aryl methyl sites for hydroxylation is 1. The number of aliphatic hydroxyl groups excluding tert-OH is 1. The molecule has 3 rings (SSSR count). The van der Waals surface area contributed by atoms with Crippen LogP contribution in [-0.4, -0.2) is 44.1 Å². The van der Waals surface area contributed by atoms with Crippen LogP contribution >= 0.6 is 0 Å². The molecule has 0 spiro atoms. The Morgan fingerprint density at radius 3 is 2.96 bits per heavy atom. The normalized spacial score (nSPS) is 24.8. The SMILES string of the molecule is C[n+]1cn(C2CC(O)C(COC(C)(C)C)O2)c2nc(N)[nH]c(=O)c21. The molecule has 132 valence electrons. The Morgan fingerprint density at radius 1 is 1.58 bits per heavy atom. The number of ether oxygens (including phenoxy) is 2. The lowest BCUT2D eigenvalue weighted by atomic mass is 10.1. The van der Waals surface area contributed by atoms with Gasteiger partial charge in [-0.15, -0.1) is 0 Å². The number of nitrogens with zero attached hydrogens (tertiary/aromatic N) is 3. The summed E-state index contributed by atoms with van der Waals surface area (Å²) in [7, 11) is 1.75. The molecule has 9 nitrogen and oxygen atoms in total. The maximum atomic E-state index is 12.1. The molecule has 1 aliphatic heterocycles. The molecular weight excluding hydrogens is 314 g/mol. The Bertz CT molecular complexity index is 807. The average Bonchev–Trinajstić information content (AvgIpc) is 2.96. The molecule has 0 aliphatic carbocycles. The number of fused-ring (bicyclic) bond motifs is 1. The van der Waals surface area contributed by atoms with Crippen molar-refractivity contribution in [1.29, 1.82) is 0 Å². The summed E-state index contributed by atoms with van der Waals surface area (Å²) in [5, 5.41) is 10.3. The van der Waals surface area contributed by atoms with E-state index in [2.05, 4.69) is 9.97 Å². The summed E-state index contributed by atoms with van der Waals surface area (Å²) < 4.78 is 15.0. The summed E-state index contributed by atoms with van der Waals surface area (Å²) in [6.07, 6.45) is 0.578. The maximum Gasteiger partial charge on any atom is 0.304 e. The van der Waals surface area contributed by atoms with E-state index in [0.717, 1.165) is 0 Å². The molecule has 1 fully saturated rings. The van der Waals surface area contributed by atoms with Crippen molar-refractivity contribution in [2.75, 3.05) is 12.3 Å². The van der Waals surface area contributed by atoms with Gasteiger partial charge in [0.15, 0.2) is 0 Å². The molecule has 1 aliphatic rings. The first-order valence-corrected chi connectivity index (χ1v) is 7.89. The van der Waals surface area contributed by atoms with Gasteiger partial charge < -0.3 is 20.3 Å². The number of nitrogen functional groups attached to an aromatic ring is 1. The Morgan fingerprint density at radius 2 is 2.29 bits per heavy atom. The van der Waals surface area contributed by atoms with Gasteiger partial charge in [-0.25, -0.2) is 4.57 Å². The number of nitrogens with two attached hydrogens (primary N) is 1. The monoisotopic (exact) mass is 338 g/mol. The summed E-state index contributed by atoms with van der Waals surface area (Å²) in [6, 6.07) is 0. The summed E-state index contributed by atoms with van der Waals surface area (Å²) in [4.78, 5) is 18.8. The van der Waals surface area contributed by atoms with Gasteiger partial charge in [-0.2, -0.15) is 9.55 Å². The van der Waals surface area contributed by atoms with E-state index < -0.39 is 18.4 Å². The molecule has 2 aromatic heterocycles. The van der Waals surface area contributed by atoms with E-state index in [1.165, 1.54) is 0 Å². The zero-order valence-electron chi connectivity index (χ0n) is 14.3. The number of H-pyrrole nitrogens is 1. The summed E-state index contributed by atoms with van der Waals surface area (Å²) >= 11 is 0. The topological polar surface area (TPSA) is 119 Å². The second kappa shape index (κ2) is 5.83. The number of aromatic nitrogens is 4. The van der Waals surface area contributed by atoms with Gasteiger partial charge in [0.25, 0.3) is 11.2 Å². The van der Waals surface area contributed by atoms with Crippen LogP contribution in [0.5, 0.6) is 0 Å². The number of anilines is 1. The molecule has 3 unspecified atom stereocenters.